The summed E-state index contributed by atoms with van der Waals surface area (Å²) in [5.74, 6) is 0.850. The van der Waals surface area contributed by atoms with Crippen LogP contribution in [0.3, 0.4) is 0 Å². The van der Waals surface area contributed by atoms with Gasteiger partial charge in [0.15, 0.2) is 0 Å². The van der Waals surface area contributed by atoms with Gasteiger partial charge in [0.2, 0.25) is 0 Å². The number of carbonyl (C=O) groups excluding carboxylic acids is 1. The van der Waals surface area contributed by atoms with Crippen LogP contribution in [0.2, 0.25) is 10.0 Å². The molecule has 92 valence electrons. The highest BCUT2D eigenvalue weighted by Gasteiger charge is 2.51. The van der Waals surface area contributed by atoms with E-state index in [4.69, 9.17) is 27.9 Å². The number of hydrogen-bond donors (Lipinski definition) is 0. The smallest absolute Gasteiger partial charge is 0.146 e. The van der Waals surface area contributed by atoms with Crippen molar-refractivity contribution in [2.24, 2.45) is 5.41 Å². The van der Waals surface area contributed by atoms with Gasteiger partial charge in [-0.05, 0) is 31.5 Å². The summed E-state index contributed by atoms with van der Waals surface area (Å²) in [6, 6.07) is 5.11. The molecule has 0 bridgehead atoms. The van der Waals surface area contributed by atoms with E-state index >= 15 is 0 Å². The van der Waals surface area contributed by atoms with E-state index in [9.17, 15) is 4.79 Å². The third-order valence-corrected chi connectivity index (χ3v) is 4.15. The van der Waals surface area contributed by atoms with E-state index in [1.807, 2.05) is 13.8 Å². The highest BCUT2D eigenvalue weighted by molar-refractivity contribution is 6.35. The monoisotopic (exact) mass is 272 g/mol. The molecular weight excluding hydrogens is 259 g/mol. The molecule has 2 atom stereocenters. The van der Waals surface area contributed by atoms with Gasteiger partial charge in [-0.1, -0.05) is 30.1 Å². The van der Waals surface area contributed by atoms with E-state index in [2.05, 4.69) is 0 Å². The van der Waals surface area contributed by atoms with E-state index in [0.29, 0.717) is 22.2 Å². The molecule has 1 aromatic rings. The molecule has 17 heavy (non-hydrogen) atoms. The van der Waals surface area contributed by atoms with E-state index in [1.165, 1.54) is 0 Å². The number of Topliss-reactive ketones (excluding diaryl/α,β-unsaturated/α-hetero) is 1. The van der Waals surface area contributed by atoms with Gasteiger partial charge >= 0.3 is 0 Å². The summed E-state index contributed by atoms with van der Waals surface area (Å²) < 4.78 is 5.80. The van der Waals surface area contributed by atoms with Crippen LogP contribution in [0.4, 0.5) is 0 Å². The topological polar surface area (TPSA) is 26.3 Å². The average Bonchev–Trinajstić information content (AvgIpc) is 2.30. The molecule has 0 aliphatic heterocycles. The third kappa shape index (κ3) is 2.16. The molecule has 1 aromatic carbocycles. The Labute approximate surface area is 111 Å². The average molecular weight is 273 g/mol. The Morgan fingerprint density at radius 2 is 2.18 bits per heavy atom. The highest BCUT2D eigenvalue weighted by atomic mass is 35.5. The van der Waals surface area contributed by atoms with Crippen LogP contribution in [0, 0.1) is 5.41 Å². The second-order valence-electron chi connectivity index (χ2n) is 4.58. The summed E-state index contributed by atoms with van der Waals surface area (Å²) in [6.07, 6.45) is 1.16. The third-order valence-electron chi connectivity index (χ3n) is 3.62. The molecule has 0 aromatic heterocycles. The maximum Gasteiger partial charge on any atom is 0.146 e. The number of ketones is 1. The molecule has 1 aliphatic rings. The van der Waals surface area contributed by atoms with Crippen molar-refractivity contribution in [3.05, 3.63) is 28.2 Å². The summed E-state index contributed by atoms with van der Waals surface area (Å²) >= 11 is 11.8. The van der Waals surface area contributed by atoms with Gasteiger partial charge in [-0.15, -0.1) is 0 Å². The minimum Gasteiger partial charge on any atom is -0.487 e. The van der Waals surface area contributed by atoms with Crippen LogP contribution in [0.25, 0.3) is 0 Å². The summed E-state index contributed by atoms with van der Waals surface area (Å²) in [5, 5.41) is 1.06. The second-order valence-corrected chi connectivity index (χ2v) is 5.42. The Bertz CT molecular complexity index is 459. The van der Waals surface area contributed by atoms with Crippen molar-refractivity contribution in [1.29, 1.82) is 0 Å². The number of benzene rings is 1. The predicted octanol–water partition coefficient (Wildman–Crippen LogP) is 4.13. The molecule has 2 unspecified atom stereocenters. The molecule has 0 amide bonds. The molecular formula is C13H14Cl2O2. The first-order valence-electron chi connectivity index (χ1n) is 5.62. The molecule has 1 fully saturated rings. The molecule has 2 rings (SSSR count). The van der Waals surface area contributed by atoms with E-state index in [-0.39, 0.29) is 17.3 Å². The Hall–Kier alpha value is -0.730. The van der Waals surface area contributed by atoms with E-state index in [1.54, 1.807) is 18.2 Å². The highest BCUT2D eigenvalue weighted by Crippen LogP contribution is 2.43. The molecule has 4 heteroatoms. The van der Waals surface area contributed by atoms with Crippen LogP contribution in [-0.4, -0.2) is 11.9 Å². The predicted molar refractivity (Wildman–Crippen MR) is 68.9 cm³/mol. The van der Waals surface area contributed by atoms with E-state index < -0.39 is 0 Å². The van der Waals surface area contributed by atoms with Gasteiger partial charge in [-0.3, -0.25) is 4.79 Å². The molecule has 0 N–H and O–H groups in total. The van der Waals surface area contributed by atoms with E-state index in [0.717, 1.165) is 6.42 Å². The van der Waals surface area contributed by atoms with Crippen LogP contribution in [0.15, 0.2) is 18.2 Å². The number of rotatable bonds is 3. The number of ether oxygens (including phenoxy) is 1. The number of hydrogen-bond acceptors (Lipinski definition) is 2. The number of carbonyl (C=O) groups is 1. The van der Waals surface area contributed by atoms with Crippen LogP contribution in [-0.2, 0) is 4.79 Å². The zero-order valence-corrected chi connectivity index (χ0v) is 11.3. The van der Waals surface area contributed by atoms with Gasteiger partial charge in [0.1, 0.15) is 17.6 Å². The summed E-state index contributed by atoms with van der Waals surface area (Å²) in [5.41, 5.74) is -0.372. The summed E-state index contributed by atoms with van der Waals surface area (Å²) in [4.78, 5) is 11.6. The fraction of sp³-hybridized carbons (Fsp3) is 0.462. The van der Waals surface area contributed by atoms with Gasteiger partial charge in [-0.25, -0.2) is 0 Å². The van der Waals surface area contributed by atoms with Gasteiger partial charge in [0.25, 0.3) is 0 Å². The number of halogens is 2. The lowest BCUT2D eigenvalue weighted by Crippen LogP contribution is -2.54. The lowest BCUT2D eigenvalue weighted by Gasteiger charge is -2.44. The molecule has 0 saturated heterocycles. The largest absolute Gasteiger partial charge is 0.487 e. The Kier molecular flexibility index (Phi) is 3.37. The zero-order valence-electron chi connectivity index (χ0n) is 9.80. The van der Waals surface area contributed by atoms with Crippen molar-refractivity contribution in [2.45, 2.75) is 32.8 Å². The molecule has 2 nitrogen and oxygen atoms in total. The molecule has 0 spiro atoms. The van der Waals surface area contributed by atoms with Crippen LogP contribution in [0.1, 0.15) is 26.7 Å². The van der Waals surface area contributed by atoms with Crippen molar-refractivity contribution in [3.8, 4) is 5.75 Å². The second kappa shape index (κ2) is 4.51. The van der Waals surface area contributed by atoms with Gasteiger partial charge in [0, 0.05) is 11.4 Å². The standard InChI is InChI=1S/C13H14Cl2O2/c1-3-13(2)11(16)7-12(13)17-10-5-4-8(14)6-9(10)15/h4-6,12H,3,7H2,1-2H3. The Morgan fingerprint density at radius 3 is 2.71 bits per heavy atom. The van der Waals surface area contributed by atoms with Crippen molar-refractivity contribution in [3.63, 3.8) is 0 Å². The fourth-order valence-electron chi connectivity index (χ4n) is 2.00. The fourth-order valence-corrected chi connectivity index (χ4v) is 2.45. The summed E-state index contributed by atoms with van der Waals surface area (Å²) in [6.45, 7) is 3.93. The normalized spacial score (nSPS) is 27.8. The lowest BCUT2D eigenvalue weighted by atomic mass is 9.64. The quantitative estimate of drug-likeness (QED) is 0.827. The van der Waals surface area contributed by atoms with Gasteiger partial charge in [-0.2, -0.15) is 0 Å². The van der Waals surface area contributed by atoms with Crippen molar-refractivity contribution >= 4 is 29.0 Å². The molecule has 0 radical (unpaired) electrons. The molecule has 1 saturated carbocycles. The maximum atomic E-state index is 11.6. The van der Waals surface area contributed by atoms with Crippen LogP contribution < -0.4 is 4.74 Å². The first kappa shape index (κ1) is 12.7. The Morgan fingerprint density at radius 1 is 1.47 bits per heavy atom. The van der Waals surface area contributed by atoms with Crippen molar-refractivity contribution in [1.82, 2.24) is 0 Å². The minimum atomic E-state index is -0.372. The molecule has 0 heterocycles. The first-order valence-corrected chi connectivity index (χ1v) is 6.38. The zero-order chi connectivity index (χ0) is 12.6. The van der Waals surface area contributed by atoms with Gasteiger partial charge < -0.3 is 4.74 Å². The van der Waals surface area contributed by atoms with Crippen molar-refractivity contribution < 1.29 is 9.53 Å². The van der Waals surface area contributed by atoms with Gasteiger partial charge in [0.05, 0.1) is 10.4 Å². The molecule has 1 aliphatic carbocycles. The minimum absolute atomic E-state index is 0.0846. The maximum absolute atomic E-state index is 11.6. The first-order chi connectivity index (χ1) is 7.97. The lowest BCUT2D eigenvalue weighted by molar-refractivity contribution is -0.150. The summed E-state index contributed by atoms with van der Waals surface area (Å²) in [7, 11) is 0. The van der Waals surface area contributed by atoms with Crippen LogP contribution >= 0.6 is 23.2 Å². The SMILES string of the molecule is CCC1(C)C(=O)CC1Oc1ccc(Cl)cc1Cl. The van der Waals surface area contributed by atoms with Crippen molar-refractivity contribution in [2.75, 3.05) is 0 Å². The van der Waals surface area contributed by atoms with Crippen LogP contribution in [0.5, 0.6) is 5.75 Å². The Balaban J connectivity index is 2.15.